The zero-order chi connectivity index (χ0) is 12.3. The summed E-state index contributed by atoms with van der Waals surface area (Å²) in [5.41, 5.74) is 8.14. The highest BCUT2D eigenvalue weighted by atomic mass is 79.9. The molecule has 1 aromatic carbocycles. The van der Waals surface area contributed by atoms with Crippen molar-refractivity contribution in [3.63, 3.8) is 0 Å². The van der Waals surface area contributed by atoms with E-state index in [9.17, 15) is 0 Å². The standard InChI is InChI=1S/C15H22BrN/c1-15(8-3-2-4-9-15)14(17)11-12-6-5-7-13(16)10-12/h5-7,10,14H,2-4,8-9,11,17H2,1H3. The van der Waals surface area contributed by atoms with Gasteiger partial charge in [-0.3, -0.25) is 0 Å². The molecule has 0 saturated heterocycles. The van der Waals surface area contributed by atoms with Crippen LogP contribution in [0.1, 0.15) is 44.6 Å². The van der Waals surface area contributed by atoms with Crippen molar-refractivity contribution in [2.75, 3.05) is 0 Å². The molecule has 0 radical (unpaired) electrons. The normalized spacial score (nSPS) is 21.1. The minimum Gasteiger partial charge on any atom is -0.327 e. The molecule has 2 N–H and O–H groups in total. The molecule has 2 heteroatoms. The van der Waals surface area contributed by atoms with Gasteiger partial charge in [0, 0.05) is 10.5 Å². The van der Waals surface area contributed by atoms with Gasteiger partial charge in [-0.2, -0.15) is 0 Å². The van der Waals surface area contributed by atoms with Crippen LogP contribution >= 0.6 is 15.9 Å². The lowest BCUT2D eigenvalue weighted by Gasteiger charge is -2.39. The number of rotatable bonds is 3. The van der Waals surface area contributed by atoms with Crippen LogP contribution < -0.4 is 5.73 Å². The minimum absolute atomic E-state index is 0.289. The molecule has 17 heavy (non-hydrogen) atoms. The van der Waals surface area contributed by atoms with Crippen molar-refractivity contribution < 1.29 is 0 Å². The molecular formula is C15H22BrN. The molecule has 0 bridgehead atoms. The van der Waals surface area contributed by atoms with Gasteiger partial charge < -0.3 is 5.73 Å². The monoisotopic (exact) mass is 295 g/mol. The maximum Gasteiger partial charge on any atom is 0.0178 e. The fourth-order valence-electron chi connectivity index (χ4n) is 2.89. The Labute approximate surface area is 113 Å². The van der Waals surface area contributed by atoms with Crippen molar-refractivity contribution >= 4 is 15.9 Å². The summed E-state index contributed by atoms with van der Waals surface area (Å²) < 4.78 is 1.15. The number of hydrogen-bond acceptors (Lipinski definition) is 1. The summed E-state index contributed by atoms with van der Waals surface area (Å²) in [6.45, 7) is 2.37. The van der Waals surface area contributed by atoms with E-state index >= 15 is 0 Å². The quantitative estimate of drug-likeness (QED) is 0.884. The molecular weight excluding hydrogens is 274 g/mol. The first kappa shape index (κ1) is 13.1. The van der Waals surface area contributed by atoms with Gasteiger partial charge >= 0.3 is 0 Å². The second-order valence-corrected chi connectivity index (χ2v) is 6.57. The van der Waals surface area contributed by atoms with Crippen LogP contribution in [0.3, 0.4) is 0 Å². The number of nitrogens with two attached hydrogens (primary N) is 1. The van der Waals surface area contributed by atoms with E-state index in [2.05, 4.69) is 47.1 Å². The van der Waals surface area contributed by atoms with Gasteiger partial charge in [0.2, 0.25) is 0 Å². The Morgan fingerprint density at radius 2 is 2.00 bits per heavy atom. The third kappa shape index (κ3) is 3.32. The number of hydrogen-bond donors (Lipinski definition) is 1. The van der Waals surface area contributed by atoms with E-state index in [-0.39, 0.29) is 6.04 Å². The Balaban J connectivity index is 2.02. The molecule has 1 aliphatic carbocycles. The second kappa shape index (κ2) is 5.53. The SMILES string of the molecule is CC1(C(N)Cc2cccc(Br)c2)CCCCC1. The van der Waals surface area contributed by atoms with Crippen molar-refractivity contribution in [2.24, 2.45) is 11.1 Å². The van der Waals surface area contributed by atoms with Crippen LogP contribution in [-0.2, 0) is 6.42 Å². The van der Waals surface area contributed by atoms with Crippen LogP contribution in [0, 0.1) is 5.41 Å². The molecule has 1 saturated carbocycles. The average molecular weight is 296 g/mol. The van der Waals surface area contributed by atoms with E-state index in [1.54, 1.807) is 0 Å². The molecule has 0 aromatic heterocycles. The molecule has 0 amide bonds. The van der Waals surface area contributed by atoms with E-state index in [0.29, 0.717) is 5.41 Å². The molecule has 0 spiro atoms. The van der Waals surface area contributed by atoms with Crippen molar-refractivity contribution in [3.05, 3.63) is 34.3 Å². The van der Waals surface area contributed by atoms with Gasteiger partial charge in [0.05, 0.1) is 0 Å². The molecule has 1 atom stereocenters. The topological polar surface area (TPSA) is 26.0 Å². The van der Waals surface area contributed by atoms with Crippen LogP contribution in [0.5, 0.6) is 0 Å². The lowest BCUT2D eigenvalue weighted by Crippen LogP contribution is -2.42. The minimum atomic E-state index is 0.289. The van der Waals surface area contributed by atoms with Crippen molar-refractivity contribution in [2.45, 2.75) is 51.5 Å². The zero-order valence-electron chi connectivity index (χ0n) is 10.6. The maximum atomic E-state index is 6.45. The molecule has 1 unspecified atom stereocenters. The maximum absolute atomic E-state index is 6.45. The predicted molar refractivity (Wildman–Crippen MR) is 77.0 cm³/mol. The first-order valence-electron chi connectivity index (χ1n) is 6.60. The Kier molecular flexibility index (Phi) is 4.26. The third-order valence-electron chi connectivity index (χ3n) is 4.24. The summed E-state index contributed by atoms with van der Waals surface area (Å²) in [4.78, 5) is 0. The highest BCUT2D eigenvalue weighted by Gasteiger charge is 2.32. The summed E-state index contributed by atoms with van der Waals surface area (Å²) in [6.07, 6.45) is 7.67. The Bertz CT molecular complexity index is 369. The highest BCUT2D eigenvalue weighted by Crippen LogP contribution is 2.39. The average Bonchev–Trinajstić information content (AvgIpc) is 2.30. The fraction of sp³-hybridized carbons (Fsp3) is 0.600. The van der Waals surface area contributed by atoms with E-state index < -0.39 is 0 Å². The van der Waals surface area contributed by atoms with Gasteiger partial charge in [0.15, 0.2) is 0 Å². The van der Waals surface area contributed by atoms with E-state index in [1.165, 1.54) is 37.7 Å². The predicted octanol–water partition coefficient (Wildman–Crippen LogP) is 4.29. The van der Waals surface area contributed by atoms with E-state index in [1.807, 2.05) is 0 Å². The first-order chi connectivity index (χ1) is 8.10. The molecule has 1 nitrogen and oxygen atoms in total. The Hall–Kier alpha value is -0.340. The van der Waals surface area contributed by atoms with Gasteiger partial charge in [-0.1, -0.05) is 54.2 Å². The summed E-state index contributed by atoms with van der Waals surface area (Å²) in [6, 6.07) is 8.81. The molecule has 1 aliphatic rings. The summed E-state index contributed by atoms with van der Waals surface area (Å²) in [5, 5.41) is 0. The van der Waals surface area contributed by atoms with E-state index in [4.69, 9.17) is 5.73 Å². The Morgan fingerprint density at radius 3 is 2.65 bits per heavy atom. The van der Waals surface area contributed by atoms with Crippen molar-refractivity contribution in [1.29, 1.82) is 0 Å². The molecule has 0 aliphatic heterocycles. The van der Waals surface area contributed by atoms with Gasteiger partial charge in [0.25, 0.3) is 0 Å². The van der Waals surface area contributed by atoms with E-state index in [0.717, 1.165) is 10.9 Å². The lowest BCUT2D eigenvalue weighted by molar-refractivity contribution is 0.169. The van der Waals surface area contributed by atoms with Crippen LogP contribution in [0.15, 0.2) is 28.7 Å². The van der Waals surface area contributed by atoms with Gasteiger partial charge in [-0.25, -0.2) is 0 Å². The number of halogens is 1. The van der Waals surface area contributed by atoms with Gasteiger partial charge in [0.1, 0.15) is 0 Å². The first-order valence-corrected chi connectivity index (χ1v) is 7.39. The Morgan fingerprint density at radius 1 is 1.29 bits per heavy atom. The summed E-state index contributed by atoms with van der Waals surface area (Å²) >= 11 is 3.52. The third-order valence-corrected chi connectivity index (χ3v) is 4.73. The fourth-order valence-corrected chi connectivity index (χ4v) is 3.34. The molecule has 94 valence electrons. The van der Waals surface area contributed by atoms with Crippen molar-refractivity contribution in [3.8, 4) is 0 Å². The highest BCUT2D eigenvalue weighted by molar-refractivity contribution is 9.10. The molecule has 1 aromatic rings. The summed E-state index contributed by atoms with van der Waals surface area (Å²) in [5.74, 6) is 0. The second-order valence-electron chi connectivity index (χ2n) is 5.66. The molecule has 0 heterocycles. The van der Waals surface area contributed by atoms with Gasteiger partial charge in [-0.05, 0) is 42.4 Å². The number of benzene rings is 1. The largest absolute Gasteiger partial charge is 0.327 e. The zero-order valence-corrected chi connectivity index (χ0v) is 12.2. The van der Waals surface area contributed by atoms with Crippen LogP contribution in [0.4, 0.5) is 0 Å². The summed E-state index contributed by atoms with van der Waals surface area (Å²) in [7, 11) is 0. The molecule has 2 rings (SSSR count). The van der Waals surface area contributed by atoms with Crippen molar-refractivity contribution in [1.82, 2.24) is 0 Å². The van der Waals surface area contributed by atoms with Crippen LogP contribution in [-0.4, -0.2) is 6.04 Å². The van der Waals surface area contributed by atoms with Crippen LogP contribution in [0.25, 0.3) is 0 Å². The lowest BCUT2D eigenvalue weighted by atomic mass is 9.69. The van der Waals surface area contributed by atoms with Gasteiger partial charge in [-0.15, -0.1) is 0 Å². The molecule has 1 fully saturated rings. The smallest absolute Gasteiger partial charge is 0.0178 e. The van der Waals surface area contributed by atoms with Crippen LogP contribution in [0.2, 0.25) is 0 Å².